The van der Waals surface area contributed by atoms with Crippen molar-refractivity contribution in [1.82, 2.24) is 10.1 Å². The molecule has 2 rings (SSSR count). The monoisotopic (exact) mass is 288 g/mol. The summed E-state index contributed by atoms with van der Waals surface area (Å²) in [6.45, 7) is 0. The van der Waals surface area contributed by atoms with Gasteiger partial charge >= 0.3 is 6.18 Å². The Morgan fingerprint density at radius 2 is 2.10 bits per heavy atom. The van der Waals surface area contributed by atoms with Crippen molar-refractivity contribution in [3.63, 3.8) is 0 Å². The highest BCUT2D eigenvalue weighted by atomic mass is 19.4. The first-order valence-electron chi connectivity index (χ1n) is 5.66. The maximum Gasteiger partial charge on any atom is 0.389 e. The molecule has 0 spiro atoms. The molecule has 8 heteroatoms. The number of nitrogens with zero attached hydrogens (tertiary/aromatic N) is 2. The first-order valence-corrected chi connectivity index (χ1v) is 5.66. The molecular weight excluding hydrogens is 277 g/mol. The summed E-state index contributed by atoms with van der Waals surface area (Å²) in [6, 6.07) is 4.38. The molecule has 20 heavy (non-hydrogen) atoms. The van der Waals surface area contributed by atoms with Crippen molar-refractivity contribution in [3.8, 4) is 23.0 Å². The summed E-state index contributed by atoms with van der Waals surface area (Å²) in [7, 11) is 1.40. The number of hydrogen-bond acceptors (Lipinski definition) is 5. The fraction of sp³-hybridized carbons (Fsp3) is 0.333. The molecule has 0 aliphatic carbocycles. The van der Waals surface area contributed by atoms with E-state index in [1.54, 1.807) is 6.07 Å². The molecule has 2 aromatic rings. The third kappa shape index (κ3) is 3.40. The molecule has 1 aromatic heterocycles. The van der Waals surface area contributed by atoms with Crippen molar-refractivity contribution < 1.29 is 27.5 Å². The molecule has 0 aliphatic heterocycles. The van der Waals surface area contributed by atoms with Gasteiger partial charge in [-0.2, -0.15) is 18.2 Å². The van der Waals surface area contributed by atoms with Crippen LogP contribution < -0.4 is 4.74 Å². The number of ether oxygens (including phenoxy) is 1. The van der Waals surface area contributed by atoms with E-state index in [1.165, 1.54) is 19.2 Å². The molecule has 0 aliphatic rings. The molecule has 0 unspecified atom stereocenters. The van der Waals surface area contributed by atoms with Gasteiger partial charge < -0.3 is 14.4 Å². The van der Waals surface area contributed by atoms with E-state index in [2.05, 4.69) is 10.1 Å². The molecule has 0 saturated carbocycles. The van der Waals surface area contributed by atoms with E-state index in [4.69, 9.17) is 9.26 Å². The number of alkyl halides is 3. The van der Waals surface area contributed by atoms with Crippen LogP contribution in [0.25, 0.3) is 11.5 Å². The summed E-state index contributed by atoms with van der Waals surface area (Å²) in [5, 5.41) is 13.1. The number of phenols is 1. The molecule has 5 nitrogen and oxygen atoms in total. The number of halogens is 3. The molecule has 1 N–H and O–H groups in total. The largest absolute Gasteiger partial charge is 0.504 e. The molecule has 1 aromatic carbocycles. The Labute approximate surface area is 112 Å². The van der Waals surface area contributed by atoms with Gasteiger partial charge in [0.2, 0.25) is 0 Å². The highest BCUT2D eigenvalue weighted by Crippen LogP contribution is 2.30. The summed E-state index contributed by atoms with van der Waals surface area (Å²) in [4.78, 5) is 3.85. The van der Waals surface area contributed by atoms with Gasteiger partial charge in [0, 0.05) is 12.0 Å². The minimum atomic E-state index is -4.26. The highest BCUT2D eigenvalue weighted by molar-refractivity contribution is 5.59. The Morgan fingerprint density at radius 1 is 1.35 bits per heavy atom. The van der Waals surface area contributed by atoms with E-state index in [0.717, 1.165) is 0 Å². The Hall–Kier alpha value is -2.25. The van der Waals surface area contributed by atoms with Gasteiger partial charge in [0.15, 0.2) is 17.3 Å². The van der Waals surface area contributed by atoms with Crippen LogP contribution in [0, 0.1) is 0 Å². The van der Waals surface area contributed by atoms with E-state index < -0.39 is 12.6 Å². The van der Waals surface area contributed by atoms with Crippen LogP contribution in [0.4, 0.5) is 13.2 Å². The molecule has 0 fully saturated rings. The van der Waals surface area contributed by atoms with Gasteiger partial charge in [0.25, 0.3) is 5.89 Å². The summed E-state index contributed by atoms with van der Waals surface area (Å²) < 4.78 is 46.0. The normalized spacial score (nSPS) is 11.6. The molecule has 1 heterocycles. The zero-order valence-electron chi connectivity index (χ0n) is 10.4. The Bertz CT molecular complexity index is 596. The molecular formula is C12H11F3N2O3. The predicted octanol–water partition coefficient (Wildman–Crippen LogP) is 2.95. The fourth-order valence-corrected chi connectivity index (χ4v) is 1.55. The maximum absolute atomic E-state index is 12.1. The molecule has 0 saturated heterocycles. The van der Waals surface area contributed by atoms with Crippen LogP contribution in [-0.4, -0.2) is 28.5 Å². The van der Waals surface area contributed by atoms with Crippen molar-refractivity contribution in [1.29, 1.82) is 0 Å². The van der Waals surface area contributed by atoms with Gasteiger partial charge in [0.1, 0.15) is 0 Å². The van der Waals surface area contributed by atoms with Crippen molar-refractivity contribution in [2.24, 2.45) is 0 Å². The molecule has 108 valence electrons. The van der Waals surface area contributed by atoms with Gasteiger partial charge in [-0.1, -0.05) is 5.16 Å². The Morgan fingerprint density at radius 3 is 2.70 bits per heavy atom. The summed E-state index contributed by atoms with van der Waals surface area (Å²) in [5.41, 5.74) is 0.397. The zero-order valence-corrected chi connectivity index (χ0v) is 10.4. The van der Waals surface area contributed by atoms with Crippen molar-refractivity contribution in [2.45, 2.75) is 19.0 Å². The number of aromatic nitrogens is 2. The third-order valence-corrected chi connectivity index (χ3v) is 2.53. The summed E-state index contributed by atoms with van der Waals surface area (Å²) in [6.07, 6.45) is -5.63. The fourth-order valence-electron chi connectivity index (χ4n) is 1.55. The lowest BCUT2D eigenvalue weighted by Gasteiger charge is -2.03. The number of methoxy groups -OCH3 is 1. The lowest BCUT2D eigenvalue weighted by Crippen LogP contribution is -2.09. The van der Waals surface area contributed by atoms with E-state index in [0.29, 0.717) is 5.56 Å². The number of hydrogen-bond donors (Lipinski definition) is 1. The second-order valence-electron chi connectivity index (χ2n) is 4.02. The number of phenolic OH excluding ortho intramolecular Hbond substituents is 1. The quantitative estimate of drug-likeness (QED) is 0.936. The van der Waals surface area contributed by atoms with Crippen LogP contribution in [0.2, 0.25) is 0 Å². The van der Waals surface area contributed by atoms with Gasteiger partial charge in [-0.3, -0.25) is 0 Å². The van der Waals surface area contributed by atoms with Crippen molar-refractivity contribution >= 4 is 0 Å². The van der Waals surface area contributed by atoms with Crippen molar-refractivity contribution in [3.05, 3.63) is 24.0 Å². The van der Waals surface area contributed by atoms with E-state index >= 15 is 0 Å². The standard InChI is InChI=1S/C12H11F3N2O3/c1-19-9-3-2-7(6-8(9)18)11-16-10(17-20-11)4-5-12(13,14)15/h2-3,6,18H,4-5H2,1H3. The van der Waals surface area contributed by atoms with E-state index in [1.807, 2.05) is 0 Å². The topological polar surface area (TPSA) is 68.4 Å². The lowest BCUT2D eigenvalue weighted by molar-refractivity contribution is -0.134. The van der Waals surface area contributed by atoms with Crippen LogP contribution in [0.1, 0.15) is 12.2 Å². The van der Waals surface area contributed by atoms with Crippen LogP contribution in [0.5, 0.6) is 11.5 Å². The summed E-state index contributed by atoms with van der Waals surface area (Å²) >= 11 is 0. The van der Waals surface area contributed by atoms with E-state index in [-0.39, 0.29) is 29.6 Å². The van der Waals surface area contributed by atoms with Gasteiger partial charge in [-0.05, 0) is 18.2 Å². The SMILES string of the molecule is COc1ccc(-c2nc(CCC(F)(F)F)no2)cc1O. The molecule has 0 radical (unpaired) electrons. The number of aromatic hydroxyl groups is 1. The third-order valence-electron chi connectivity index (χ3n) is 2.53. The van der Waals surface area contributed by atoms with E-state index in [9.17, 15) is 18.3 Å². The van der Waals surface area contributed by atoms with Gasteiger partial charge in [-0.25, -0.2) is 0 Å². The Balaban J connectivity index is 2.14. The second kappa shape index (κ2) is 5.40. The maximum atomic E-state index is 12.1. The number of aryl methyl sites for hydroxylation is 1. The minimum absolute atomic E-state index is 0.0346. The number of rotatable bonds is 4. The lowest BCUT2D eigenvalue weighted by atomic mass is 10.2. The second-order valence-corrected chi connectivity index (χ2v) is 4.02. The zero-order chi connectivity index (χ0) is 14.8. The molecule has 0 atom stereocenters. The molecule has 0 bridgehead atoms. The average molecular weight is 288 g/mol. The van der Waals surface area contributed by atoms with Crippen molar-refractivity contribution in [2.75, 3.05) is 7.11 Å². The van der Waals surface area contributed by atoms with Crippen LogP contribution in [-0.2, 0) is 6.42 Å². The van der Waals surface area contributed by atoms with Crippen LogP contribution in [0.15, 0.2) is 22.7 Å². The summed E-state index contributed by atoms with van der Waals surface area (Å²) in [5.74, 6) is 0.151. The number of benzene rings is 1. The minimum Gasteiger partial charge on any atom is -0.504 e. The smallest absolute Gasteiger partial charge is 0.389 e. The predicted molar refractivity (Wildman–Crippen MR) is 62.3 cm³/mol. The highest BCUT2D eigenvalue weighted by Gasteiger charge is 2.27. The van der Waals surface area contributed by atoms with Gasteiger partial charge in [-0.15, -0.1) is 0 Å². The Kier molecular flexibility index (Phi) is 3.82. The first-order chi connectivity index (χ1) is 9.39. The average Bonchev–Trinajstić information content (AvgIpc) is 2.84. The van der Waals surface area contributed by atoms with Crippen LogP contribution >= 0.6 is 0 Å². The molecule has 0 amide bonds. The van der Waals surface area contributed by atoms with Crippen LogP contribution in [0.3, 0.4) is 0 Å². The van der Waals surface area contributed by atoms with Gasteiger partial charge in [0.05, 0.1) is 13.5 Å². The first kappa shape index (κ1) is 14.2.